The quantitative estimate of drug-likeness (QED) is 0.695. The maximum absolute atomic E-state index is 11.1. The molecule has 1 unspecified atom stereocenters. The van der Waals surface area contributed by atoms with Crippen molar-refractivity contribution in [1.29, 1.82) is 0 Å². The second-order valence-electron chi connectivity index (χ2n) is 1.88. The number of carbonyl (C=O) groups is 2. The molecule has 0 bridgehead atoms. The maximum atomic E-state index is 11.1. The number of halogens is 4. The van der Waals surface area contributed by atoms with Crippen molar-refractivity contribution in [2.24, 2.45) is 0 Å². The number of carboxylic acids is 1. The van der Waals surface area contributed by atoms with Gasteiger partial charge in [0.2, 0.25) is 0 Å². The van der Waals surface area contributed by atoms with Crippen LogP contribution in [0.3, 0.4) is 0 Å². The second-order valence-corrected chi connectivity index (χ2v) is 6.92. The number of carbonyl (C=O) groups excluding carboxylic acids is 1. The van der Waals surface area contributed by atoms with Crippen molar-refractivity contribution in [1.82, 2.24) is 0 Å². The molecular weight excluding hydrogens is 428 g/mol. The predicted molar refractivity (Wildman–Crippen MR) is 59.7 cm³/mol. The van der Waals surface area contributed by atoms with Gasteiger partial charge in [0.05, 0.1) is 5.33 Å². The minimum absolute atomic E-state index is 0.0822. The number of rotatable bonds is 4. The molecule has 0 radical (unpaired) electrons. The highest BCUT2D eigenvalue weighted by Crippen LogP contribution is 2.36. The summed E-state index contributed by atoms with van der Waals surface area (Å²) in [6.07, 6.45) is 0. The molecule has 0 aromatic heterocycles. The van der Waals surface area contributed by atoms with Crippen LogP contribution in [0.15, 0.2) is 0 Å². The van der Waals surface area contributed by atoms with Crippen LogP contribution in [0.1, 0.15) is 0 Å². The van der Waals surface area contributed by atoms with Crippen LogP contribution in [-0.4, -0.2) is 30.2 Å². The summed E-state index contributed by atoms with van der Waals surface area (Å²) in [4.78, 5) is 20.6. The second kappa shape index (κ2) is 5.07. The first kappa shape index (κ1) is 13.1. The average Bonchev–Trinajstić information content (AvgIpc) is 2.01. The maximum Gasteiger partial charge on any atom is 0.320 e. The van der Waals surface area contributed by atoms with Crippen LogP contribution in [0, 0.1) is 0 Å². The van der Waals surface area contributed by atoms with E-state index in [1.807, 2.05) is 0 Å². The molecule has 0 amide bonds. The van der Waals surface area contributed by atoms with Crippen LogP contribution >= 0.6 is 63.7 Å². The topological polar surface area (TPSA) is 54.4 Å². The van der Waals surface area contributed by atoms with Crippen molar-refractivity contribution in [2.75, 3.05) is 5.33 Å². The average molecular weight is 432 g/mol. The number of carboxylic acid groups (broad SMARTS) is 1. The lowest BCUT2D eigenvalue weighted by Crippen LogP contribution is -2.40. The van der Waals surface area contributed by atoms with Gasteiger partial charge in [-0.25, -0.2) is 0 Å². The number of aliphatic carboxylic acids is 1. The van der Waals surface area contributed by atoms with Crippen molar-refractivity contribution in [3.63, 3.8) is 0 Å². The monoisotopic (exact) mass is 428 g/mol. The third kappa shape index (κ3) is 3.08. The molecule has 0 spiro atoms. The number of Topliss-reactive ketones (excluding diaryl/α,β-unsaturated/α-hetero) is 1. The van der Waals surface area contributed by atoms with Gasteiger partial charge < -0.3 is 5.11 Å². The lowest BCUT2D eigenvalue weighted by Gasteiger charge is -2.20. The van der Waals surface area contributed by atoms with Crippen LogP contribution in [-0.2, 0) is 9.59 Å². The zero-order valence-corrected chi connectivity index (χ0v) is 11.9. The molecule has 12 heavy (non-hydrogen) atoms. The summed E-state index contributed by atoms with van der Waals surface area (Å²) in [5, 5.41) is 8.67. The summed E-state index contributed by atoms with van der Waals surface area (Å²) in [5.41, 5.74) is 0. The molecule has 1 N–H and O–H groups in total. The van der Waals surface area contributed by atoms with Gasteiger partial charge in [0.25, 0.3) is 0 Å². The fourth-order valence-electron chi connectivity index (χ4n) is 0.386. The molecule has 0 aliphatic carbocycles. The molecule has 70 valence electrons. The Morgan fingerprint density at radius 2 is 1.83 bits per heavy atom. The van der Waals surface area contributed by atoms with Crippen molar-refractivity contribution in [2.45, 2.75) is 8.06 Å². The predicted octanol–water partition coefficient (Wildman–Crippen LogP) is 2.28. The molecule has 0 heterocycles. The number of hydrogen-bond donors (Lipinski definition) is 1. The fraction of sp³-hybridized carbons (Fsp3) is 0.600. The van der Waals surface area contributed by atoms with Gasteiger partial charge in [-0.05, 0) is 0 Å². The molecule has 7 heteroatoms. The summed E-state index contributed by atoms with van der Waals surface area (Å²) in [5.74, 6) is -1.41. The minimum Gasteiger partial charge on any atom is -0.480 e. The molecule has 0 fully saturated rings. The minimum atomic E-state index is -1.25. The Balaban J connectivity index is 4.60. The first-order chi connectivity index (χ1) is 5.34. The Kier molecular flexibility index (Phi) is 5.52. The van der Waals surface area contributed by atoms with E-state index in [4.69, 9.17) is 5.11 Å². The fourth-order valence-corrected chi connectivity index (χ4v) is 2.51. The zero-order valence-electron chi connectivity index (χ0n) is 5.56. The lowest BCUT2D eigenvalue weighted by atomic mass is 10.2. The summed E-state index contributed by atoms with van der Waals surface area (Å²) in [6.45, 7) is 0. The van der Waals surface area contributed by atoms with Gasteiger partial charge in [0, 0.05) is 0 Å². The number of alkyl halides is 4. The van der Waals surface area contributed by atoms with E-state index in [1.165, 1.54) is 0 Å². The zero-order chi connectivity index (χ0) is 9.94. The molecule has 0 aliphatic heterocycles. The van der Waals surface area contributed by atoms with Gasteiger partial charge in [-0.2, -0.15) is 0 Å². The third-order valence-electron chi connectivity index (χ3n) is 1.03. The normalized spacial score (nSPS) is 14.0. The van der Waals surface area contributed by atoms with Gasteiger partial charge in [-0.1, -0.05) is 63.7 Å². The van der Waals surface area contributed by atoms with Crippen LogP contribution in [0.5, 0.6) is 0 Å². The van der Waals surface area contributed by atoms with Crippen LogP contribution in [0.25, 0.3) is 0 Å². The molecule has 0 aromatic carbocycles. The number of ketones is 1. The Hall–Kier alpha value is 1.06. The van der Waals surface area contributed by atoms with Crippen molar-refractivity contribution in [3.8, 4) is 0 Å². The van der Waals surface area contributed by atoms with E-state index < -0.39 is 14.0 Å². The van der Waals surface area contributed by atoms with E-state index >= 15 is 0 Å². The standard InChI is InChI=1S/C5H4Br4O3/c6-1-2(10)5(8,9)3(7)4(11)12/h3H,1H2,(H,11,12). The highest BCUT2D eigenvalue weighted by atomic mass is 79.9. The first-order valence-electron chi connectivity index (χ1n) is 2.68. The molecule has 1 atom stereocenters. The van der Waals surface area contributed by atoms with Crippen LogP contribution < -0.4 is 0 Å². The Morgan fingerprint density at radius 3 is 2.08 bits per heavy atom. The lowest BCUT2D eigenvalue weighted by molar-refractivity contribution is -0.137. The molecular formula is C5H4Br4O3. The largest absolute Gasteiger partial charge is 0.480 e. The molecule has 0 aromatic rings. The van der Waals surface area contributed by atoms with Gasteiger partial charge in [-0.3, -0.25) is 9.59 Å². The van der Waals surface area contributed by atoms with Gasteiger partial charge in [0.1, 0.15) is 4.83 Å². The first-order valence-corrected chi connectivity index (χ1v) is 6.30. The Morgan fingerprint density at radius 1 is 1.42 bits per heavy atom. The van der Waals surface area contributed by atoms with Crippen molar-refractivity contribution >= 4 is 75.5 Å². The molecule has 3 nitrogen and oxygen atoms in total. The summed E-state index contributed by atoms with van der Waals surface area (Å²) >= 11 is 11.8. The van der Waals surface area contributed by atoms with Crippen LogP contribution in [0.2, 0.25) is 0 Å². The Labute approximate surface area is 103 Å². The van der Waals surface area contributed by atoms with Crippen molar-refractivity contribution < 1.29 is 14.7 Å². The van der Waals surface area contributed by atoms with Crippen LogP contribution in [0.4, 0.5) is 0 Å². The van der Waals surface area contributed by atoms with E-state index in [0.717, 1.165) is 0 Å². The van der Waals surface area contributed by atoms with Gasteiger partial charge >= 0.3 is 5.97 Å². The van der Waals surface area contributed by atoms with E-state index in [1.54, 1.807) is 0 Å². The SMILES string of the molecule is O=C(O)C(Br)C(Br)(Br)C(=O)CBr. The highest BCUT2D eigenvalue weighted by molar-refractivity contribution is 9.26. The van der Waals surface area contributed by atoms with E-state index in [2.05, 4.69) is 63.7 Å². The van der Waals surface area contributed by atoms with E-state index in [9.17, 15) is 9.59 Å². The third-order valence-corrected chi connectivity index (χ3v) is 5.64. The van der Waals surface area contributed by atoms with E-state index in [0.29, 0.717) is 0 Å². The Bertz CT molecular complexity index is 203. The molecule has 0 saturated heterocycles. The molecule has 0 rings (SSSR count). The smallest absolute Gasteiger partial charge is 0.320 e. The number of hydrogen-bond acceptors (Lipinski definition) is 2. The summed E-state index contributed by atoms with van der Waals surface area (Å²) < 4.78 is -1.25. The van der Waals surface area contributed by atoms with Crippen molar-refractivity contribution in [3.05, 3.63) is 0 Å². The summed E-state index contributed by atoms with van der Waals surface area (Å²) in [6, 6.07) is 0. The van der Waals surface area contributed by atoms with E-state index in [-0.39, 0.29) is 11.1 Å². The van der Waals surface area contributed by atoms with Gasteiger partial charge in [0.15, 0.2) is 9.02 Å². The van der Waals surface area contributed by atoms with Gasteiger partial charge in [-0.15, -0.1) is 0 Å². The molecule has 0 aliphatic rings. The highest BCUT2D eigenvalue weighted by Gasteiger charge is 2.43. The summed E-state index contributed by atoms with van der Waals surface area (Å²) in [7, 11) is 0. The molecule has 0 saturated carbocycles.